The third kappa shape index (κ3) is 2.91. The SMILES string of the molecule is COc1cc(OC)c2c(=O)cc(Oc3ccc(O)cc3)oc2c1. The van der Waals surface area contributed by atoms with Crippen LogP contribution >= 0.6 is 0 Å². The number of hydrogen-bond donors (Lipinski definition) is 1. The number of methoxy groups -OCH3 is 2. The van der Waals surface area contributed by atoms with Gasteiger partial charge < -0.3 is 23.7 Å². The van der Waals surface area contributed by atoms with Crippen LogP contribution in [0.15, 0.2) is 51.7 Å². The molecule has 23 heavy (non-hydrogen) atoms. The lowest BCUT2D eigenvalue weighted by molar-refractivity contribution is 0.350. The van der Waals surface area contributed by atoms with Crippen molar-refractivity contribution >= 4 is 11.0 Å². The van der Waals surface area contributed by atoms with Gasteiger partial charge >= 0.3 is 0 Å². The standard InChI is InChI=1S/C17H14O6/c1-20-12-7-14(21-2)17-13(19)9-16(23-15(17)8-12)22-11-5-3-10(18)4-6-11/h3-9,18H,1-2H3. The van der Waals surface area contributed by atoms with Crippen molar-refractivity contribution in [2.24, 2.45) is 0 Å². The summed E-state index contributed by atoms with van der Waals surface area (Å²) in [5.74, 6) is 1.44. The van der Waals surface area contributed by atoms with Crippen LogP contribution in [0.3, 0.4) is 0 Å². The largest absolute Gasteiger partial charge is 0.508 e. The first kappa shape index (κ1) is 14.8. The molecule has 0 atom stereocenters. The van der Waals surface area contributed by atoms with Gasteiger partial charge in [-0.2, -0.15) is 0 Å². The van der Waals surface area contributed by atoms with Gasteiger partial charge in [-0.3, -0.25) is 4.79 Å². The molecule has 0 aliphatic heterocycles. The Kier molecular flexibility index (Phi) is 3.80. The quantitative estimate of drug-likeness (QED) is 0.796. The maximum absolute atomic E-state index is 12.3. The average molecular weight is 314 g/mol. The third-order valence-corrected chi connectivity index (χ3v) is 3.26. The Morgan fingerprint density at radius 1 is 0.957 bits per heavy atom. The highest BCUT2D eigenvalue weighted by Gasteiger charge is 2.13. The zero-order valence-electron chi connectivity index (χ0n) is 12.5. The maximum atomic E-state index is 12.3. The Balaban J connectivity index is 2.09. The Morgan fingerprint density at radius 3 is 2.35 bits per heavy atom. The molecule has 1 heterocycles. The van der Waals surface area contributed by atoms with E-state index in [1.807, 2.05) is 0 Å². The van der Waals surface area contributed by atoms with E-state index < -0.39 is 0 Å². The van der Waals surface area contributed by atoms with E-state index in [1.165, 1.54) is 32.4 Å². The number of benzene rings is 2. The van der Waals surface area contributed by atoms with Crippen LogP contribution in [-0.2, 0) is 0 Å². The summed E-state index contributed by atoms with van der Waals surface area (Å²) < 4.78 is 21.5. The fourth-order valence-corrected chi connectivity index (χ4v) is 2.17. The number of phenolic OH excluding ortho intramolecular Hbond substituents is 1. The number of phenols is 1. The van der Waals surface area contributed by atoms with E-state index in [9.17, 15) is 9.90 Å². The third-order valence-electron chi connectivity index (χ3n) is 3.26. The van der Waals surface area contributed by atoms with Gasteiger partial charge in [-0.15, -0.1) is 0 Å². The van der Waals surface area contributed by atoms with Gasteiger partial charge in [0.2, 0.25) is 0 Å². The Hall–Kier alpha value is -3.15. The molecule has 0 saturated heterocycles. The van der Waals surface area contributed by atoms with Crippen LogP contribution < -0.4 is 19.6 Å². The molecular weight excluding hydrogens is 300 g/mol. The van der Waals surface area contributed by atoms with Gasteiger partial charge in [-0.05, 0) is 24.3 Å². The molecule has 0 aliphatic carbocycles. The van der Waals surface area contributed by atoms with Crippen LogP contribution in [0, 0.1) is 0 Å². The summed E-state index contributed by atoms with van der Waals surface area (Å²) >= 11 is 0. The Bertz CT molecular complexity index is 895. The molecule has 0 unspecified atom stereocenters. The van der Waals surface area contributed by atoms with Crippen molar-refractivity contribution in [2.75, 3.05) is 14.2 Å². The van der Waals surface area contributed by atoms with Gasteiger partial charge in [0.15, 0.2) is 5.43 Å². The smallest absolute Gasteiger partial charge is 0.294 e. The van der Waals surface area contributed by atoms with E-state index in [-0.39, 0.29) is 17.1 Å². The van der Waals surface area contributed by atoms with Crippen LogP contribution in [0.5, 0.6) is 28.9 Å². The minimum absolute atomic E-state index is 0.0310. The highest BCUT2D eigenvalue weighted by atomic mass is 16.6. The summed E-state index contributed by atoms with van der Waals surface area (Å²) in [6.45, 7) is 0. The van der Waals surface area contributed by atoms with E-state index >= 15 is 0 Å². The van der Waals surface area contributed by atoms with E-state index in [0.29, 0.717) is 28.2 Å². The second kappa shape index (κ2) is 5.92. The van der Waals surface area contributed by atoms with Crippen molar-refractivity contribution in [1.29, 1.82) is 0 Å². The van der Waals surface area contributed by atoms with Gasteiger partial charge in [0, 0.05) is 12.1 Å². The molecule has 0 bridgehead atoms. The Labute approximate surface area is 131 Å². The molecule has 0 radical (unpaired) electrons. The number of fused-ring (bicyclic) bond motifs is 1. The summed E-state index contributed by atoms with van der Waals surface area (Å²) in [7, 11) is 2.98. The predicted molar refractivity (Wildman–Crippen MR) is 83.8 cm³/mol. The number of ether oxygens (including phenoxy) is 3. The molecule has 0 fully saturated rings. The minimum atomic E-state index is -0.292. The predicted octanol–water partition coefficient (Wildman–Crippen LogP) is 3.31. The van der Waals surface area contributed by atoms with E-state index in [0.717, 1.165) is 0 Å². The van der Waals surface area contributed by atoms with Crippen molar-refractivity contribution in [3.8, 4) is 28.9 Å². The molecule has 6 nitrogen and oxygen atoms in total. The summed E-state index contributed by atoms with van der Waals surface area (Å²) in [6, 6.07) is 10.5. The molecule has 0 aliphatic rings. The number of rotatable bonds is 4. The highest BCUT2D eigenvalue weighted by molar-refractivity contribution is 5.85. The molecule has 1 N–H and O–H groups in total. The van der Waals surface area contributed by atoms with E-state index in [1.54, 1.807) is 24.3 Å². The molecule has 6 heteroatoms. The molecule has 118 valence electrons. The fourth-order valence-electron chi connectivity index (χ4n) is 2.17. The molecule has 3 rings (SSSR count). The van der Waals surface area contributed by atoms with Crippen LogP contribution in [0.25, 0.3) is 11.0 Å². The number of hydrogen-bond acceptors (Lipinski definition) is 6. The van der Waals surface area contributed by atoms with Gasteiger partial charge in [0.05, 0.1) is 20.3 Å². The van der Waals surface area contributed by atoms with Crippen LogP contribution in [-0.4, -0.2) is 19.3 Å². The van der Waals surface area contributed by atoms with Crippen molar-refractivity contribution in [3.05, 3.63) is 52.7 Å². The summed E-state index contributed by atoms with van der Waals surface area (Å²) in [5, 5.41) is 9.58. The normalized spacial score (nSPS) is 10.5. The highest BCUT2D eigenvalue weighted by Crippen LogP contribution is 2.32. The lowest BCUT2D eigenvalue weighted by Gasteiger charge is -2.09. The molecule has 0 saturated carbocycles. The van der Waals surface area contributed by atoms with Crippen molar-refractivity contribution < 1.29 is 23.7 Å². The summed E-state index contributed by atoms with van der Waals surface area (Å²) in [6.07, 6.45) is 0. The zero-order chi connectivity index (χ0) is 16.4. The zero-order valence-corrected chi connectivity index (χ0v) is 12.5. The first-order valence-corrected chi connectivity index (χ1v) is 6.77. The van der Waals surface area contributed by atoms with E-state index in [2.05, 4.69) is 0 Å². The Morgan fingerprint density at radius 2 is 1.70 bits per heavy atom. The van der Waals surface area contributed by atoms with Crippen LogP contribution in [0.1, 0.15) is 0 Å². The molecule has 2 aromatic carbocycles. The molecule has 0 amide bonds. The topological polar surface area (TPSA) is 78.1 Å². The first-order chi connectivity index (χ1) is 11.1. The van der Waals surface area contributed by atoms with Gasteiger partial charge in [-0.25, -0.2) is 0 Å². The van der Waals surface area contributed by atoms with Gasteiger partial charge in [0.25, 0.3) is 5.95 Å². The van der Waals surface area contributed by atoms with Crippen molar-refractivity contribution in [1.82, 2.24) is 0 Å². The molecule has 3 aromatic rings. The van der Waals surface area contributed by atoms with Crippen molar-refractivity contribution in [2.45, 2.75) is 0 Å². The summed E-state index contributed by atoms with van der Waals surface area (Å²) in [4.78, 5) is 12.3. The van der Waals surface area contributed by atoms with Gasteiger partial charge in [-0.1, -0.05) is 0 Å². The van der Waals surface area contributed by atoms with Crippen LogP contribution in [0.2, 0.25) is 0 Å². The average Bonchev–Trinajstić information content (AvgIpc) is 2.55. The molecule has 1 aromatic heterocycles. The maximum Gasteiger partial charge on any atom is 0.294 e. The minimum Gasteiger partial charge on any atom is -0.508 e. The molecular formula is C17H14O6. The van der Waals surface area contributed by atoms with E-state index in [4.69, 9.17) is 18.6 Å². The van der Waals surface area contributed by atoms with Crippen LogP contribution in [0.4, 0.5) is 0 Å². The van der Waals surface area contributed by atoms with Gasteiger partial charge in [0.1, 0.15) is 34.0 Å². The molecule has 0 spiro atoms. The van der Waals surface area contributed by atoms with Crippen molar-refractivity contribution in [3.63, 3.8) is 0 Å². The summed E-state index contributed by atoms with van der Waals surface area (Å²) in [5.41, 5.74) is 0.00186. The monoisotopic (exact) mass is 314 g/mol. The lowest BCUT2D eigenvalue weighted by Crippen LogP contribution is -2.03. The second-order valence-electron chi connectivity index (χ2n) is 4.73. The first-order valence-electron chi connectivity index (χ1n) is 6.77. The second-order valence-corrected chi connectivity index (χ2v) is 4.73. The fraction of sp³-hybridized carbons (Fsp3) is 0.118. The lowest BCUT2D eigenvalue weighted by atomic mass is 10.2. The number of aromatic hydroxyl groups is 1.